The Morgan fingerprint density at radius 3 is 1.36 bits per heavy atom. The third-order valence-corrected chi connectivity index (χ3v) is 5.69. The molecule has 0 aromatic heterocycles. The molecule has 154 valence electrons. The fraction of sp³-hybridized carbons (Fsp3) is 0.538. The Kier molecular flexibility index (Phi) is 6.23. The number of aryl methyl sites for hydroxylation is 2. The molecular weight excluding hydrogens is 344 g/mol. The molecule has 2 aromatic carbocycles. The minimum absolute atomic E-state index is 0.0204. The van der Waals surface area contributed by atoms with Gasteiger partial charge in [-0.3, -0.25) is 0 Å². The summed E-state index contributed by atoms with van der Waals surface area (Å²) < 4.78 is 0. The largest absolute Gasteiger partial charge is 0.508 e. The number of phenols is 2. The van der Waals surface area contributed by atoms with Gasteiger partial charge in [0, 0.05) is 17.0 Å². The summed E-state index contributed by atoms with van der Waals surface area (Å²) in [5.41, 5.74) is 6.46. The van der Waals surface area contributed by atoms with Gasteiger partial charge in [0.1, 0.15) is 11.5 Å². The van der Waals surface area contributed by atoms with E-state index in [1.165, 1.54) is 11.1 Å². The van der Waals surface area contributed by atoms with E-state index in [0.717, 1.165) is 35.1 Å². The van der Waals surface area contributed by atoms with Crippen molar-refractivity contribution in [3.8, 4) is 11.5 Å². The van der Waals surface area contributed by atoms with Crippen LogP contribution in [0.1, 0.15) is 101 Å². The Hall–Kier alpha value is -1.96. The summed E-state index contributed by atoms with van der Waals surface area (Å²) in [5, 5.41) is 21.8. The lowest BCUT2D eigenvalue weighted by atomic mass is 9.78. The highest BCUT2D eigenvalue weighted by Gasteiger charge is 2.26. The first-order valence-electron chi connectivity index (χ1n) is 10.4. The first-order chi connectivity index (χ1) is 12.8. The van der Waals surface area contributed by atoms with Gasteiger partial charge in [-0.25, -0.2) is 0 Å². The van der Waals surface area contributed by atoms with E-state index in [1.54, 1.807) is 0 Å². The summed E-state index contributed by atoms with van der Waals surface area (Å²) in [6, 6.07) is 8.06. The molecule has 0 bridgehead atoms. The summed E-state index contributed by atoms with van der Waals surface area (Å²) in [5.74, 6) is 0.627. The Balaban J connectivity index is 2.65. The maximum Gasteiger partial charge on any atom is 0.119 e. The normalized spacial score (nSPS) is 12.6. The molecule has 0 aliphatic rings. The zero-order chi connectivity index (χ0) is 21.4. The van der Waals surface area contributed by atoms with Crippen molar-refractivity contribution in [2.75, 3.05) is 0 Å². The van der Waals surface area contributed by atoms with Crippen LogP contribution in [0.4, 0.5) is 0 Å². The number of hydrogen-bond donors (Lipinski definition) is 2. The molecule has 0 atom stereocenters. The topological polar surface area (TPSA) is 40.5 Å². The second kappa shape index (κ2) is 7.81. The van der Waals surface area contributed by atoms with Crippen molar-refractivity contribution >= 4 is 0 Å². The van der Waals surface area contributed by atoms with Gasteiger partial charge < -0.3 is 10.2 Å². The molecule has 2 aromatic rings. The van der Waals surface area contributed by atoms with Gasteiger partial charge in [-0.2, -0.15) is 0 Å². The van der Waals surface area contributed by atoms with Crippen LogP contribution in [0, 0.1) is 13.8 Å². The van der Waals surface area contributed by atoms with Gasteiger partial charge in [-0.1, -0.05) is 67.0 Å². The lowest BCUT2D eigenvalue weighted by molar-refractivity contribution is 0.445. The molecule has 2 heteroatoms. The molecule has 28 heavy (non-hydrogen) atoms. The van der Waals surface area contributed by atoms with E-state index >= 15 is 0 Å². The molecule has 2 rings (SSSR count). The fourth-order valence-electron chi connectivity index (χ4n) is 4.38. The standard InChI is InChI=1S/C26H38O2/c1-10-11-18(19-12-16(2)21(14-23(19)27)25(4,5)6)20-13-17(3)22(15-24(20)28)26(7,8)9/h12-15,18,27-28H,10-11H2,1-9H3. The summed E-state index contributed by atoms with van der Waals surface area (Å²) in [6.07, 6.45) is 1.85. The van der Waals surface area contributed by atoms with Gasteiger partial charge in [0.15, 0.2) is 0 Å². The molecule has 0 fully saturated rings. The molecule has 0 aliphatic carbocycles. The van der Waals surface area contributed by atoms with Crippen LogP contribution in [0.3, 0.4) is 0 Å². The Bertz CT molecular complexity index is 779. The van der Waals surface area contributed by atoms with Crippen LogP contribution in [0.15, 0.2) is 24.3 Å². The van der Waals surface area contributed by atoms with Crippen molar-refractivity contribution in [1.29, 1.82) is 0 Å². The van der Waals surface area contributed by atoms with Crippen LogP contribution >= 0.6 is 0 Å². The van der Waals surface area contributed by atoms with Gasteiger partial charge in [0.2, 0.25) is 0 Å². The zero-order valence-electron chi connectivity index (χ0n) is 19.2. The van der Waals surface area contributed by atoms with Crippen LogP contribution in [0.2, 0.25) is 0 Å². The van der Waals surface area contributed by atoms with Crippen molar-refractivity contribution in [2.45, 2.75) is 91.9 Å². The molecule has 0 unspecified atom stereocenters. The van der Waals surface area contributed by atoms with Crippen LogP contribution < -0.4 is 0 Å². The number of aromatic hydroxyl groups is 2. The third-order valence-electron chi connectivity index (χ3n) is 5.69. The summed E-state index contributed by atoms with van der Waals surface area (Å²) in [7, 11) is 0. The monoisotopic (exact) mass is 382 g/mol. The summed E-state index contributed by atoms with van der Waals surface area (Å²) >= 11 is 0. The maximum absolute atomic E-state index is 10.9. The van der Waals surface area contributed by atoms with E-state index in [-0.39, 0.29) is 16.7 Å². The lowest BCUT2D eigenvalue weighted by Gasteiger charge is -2.27. The highest BCUT2D eigenvalue weighted by atomic mass is 16.3. The molecule has 0 saturated carbocycles. The first-order valence-corrected chi connectivity index (χ1v) is 10.4. The predicted molar refractivity (Wildman–Crippen MR) is 120 cm³/mol. The fourth-order valence-corrected chi connectivity index (χ4v) is 4.38. The van der Waals surface area contributed by atoms with Crippen molar-refractivity contribution in [1.82, 2.24) is 0 Å². The first kappa shape index (κ1) is 22.3. The predicted octanol–water partition coefficient (Wildman–Crippen LogP) is 7.24. The van der Waals surface area contributed by atoms with Crippen LogP contribution in [-0.2, 0) is 10.8 Å². The summed E-state index contributed by atoms with van der Waals surface area (Å²) in [4.78, 5) is 0. The molecule has 0 heterocycles. The van der Waals surface area contributed by atoms with Crippen LogP contribution in [-0.4, -0.2) is 10.2 Å². The van der Waals surface area contributed by atoms with Gasteiger partial charge in [0.25, 0.3) is 0 Å². The molecule has 0 saturated heterocycles. The molecule has 2 nitrogen and oxygen atoms in total. The highest BCUT2D eigenvalue weighted by molar-refractivity contribution is 5.53. The van der Waals surface area contributed by atoms with Crippen LogP contribution in [0.5, 0.6) is 11.5 Å². The van der Waals surface area contributed by atoms with Gasteiger partial charge in [-0.05, 0) is 65.5 Å². The minimum Gasteiger partial charge on any atom is -0.508 e. The van der Waals surface area contributed by atoms with E-state index in [0.29, 0.717) is 11.5 Å². The molecule has 0 spiro atoms. The number of rotatable bonds is 4. The van der Waals surface area contributed by atoms with Gasteiger partial charge in [0.05, 0.1) is 0 Å². The average Bonchev–Trinajstić information content (AvgIpc) is 2.54. The lowest BCUT2D eigenvalue weighted by Crippen LogP contribution is -2.15. The van der Waals surface area contributed by atoms with E-state index in [1.807, 2.05) is 12.1 Å². The van der Waals surface area contributed by atoms with Crippen molar-refractivity contribution in [2.24, 2.45) is 0 Å². The zero-order valence-corrected chi connectivity index (χ0v) is 19.2. The van der Waals surface area contributed by atoms with E-state index < -0.39 is 0 Å². The van der Waals surface area contributed by atoms with Gasteiger partial charge >= 0.3 is 0 Å². The Morgan fingerprint density at radius 2 is 1.07 bits per heavy atom. The molecule has 0 radical (unpaired) electrons. The molecule has 2 N–H and O–H groups in total. The number of phenolic OH excluding ortho intramolecular Hbond substituents is 2. The highest BCUT2D eigenvalue weighted by Crippen LogP contribution is 2.43. The van der Waals surface area contributed by atoms with Gasteiger partial charge in [-0.15, -0.1) is 0 Å². The second-order valence-electron chi connectivity index (χ2n) is 10.3. The molecule has 0 amide bonds. The SMILES string of the molecule is CCCC(c1cc(C)c(C(C)(C)C)cc1O)c1cc(C)c(C(C)(C)C)cc1O. The Morgan fingerprint density at radius 1 is 0.714 bits per heavy atom. The average molecular weight is 383 g/mol. The smallest absolute Gasteiger partial charge is 0.119 e. The maximum atomic E-state index is 10.9. The van der Waals surface area contributed by atoms with Crippen molar-refractivity contribution in [3.05, 3.63) is 57.6 Å². The summed E-state index contributed by atoms with van der Waals surface area (Å²) in [6.45, 7) is 19.4. The van der Waals surface area contributed by atoms with Crippen LogP contribution in [0.25, 0.3) is 0 Å². The van der Waals surface area contributed by atoms with E-state index in [4.69, 9.17) is 0 Å². The minimum atomic E-state index is -0.0227. The molecular formula is C26H38O2. The van der Waals surface area contributed by atoms with E-state index in [9.17, 15) is 10.2 Å². The third kappa shape index (κ3) is 4.54. The van der Waals surface area contributed by atoms with E-state index in [2.05, 4.69) is 74.4 Å². The Labute approximate surface area is 171 Å². The number of hydrogen-bond acceptors (Lipinski definition) is 2. The quantitative estimate of drug-likeness (QED) is 0.585. The van der Waals surface area contributed by atoms with Crippen molar-refractivity contribution in [3.63, 3.8) is 0 Å². The second-order valence-corrected chi connectivity index (χ2v) is 10.3. The molecule has 0 aliphatic heterocycles. The van der Waals surface area contributed by atoms with Crippen molar-refractivity contribution < 1.29 is 10.2 Å². The number of benzene rings is 2.